The molecule has 3 heteroatoms. The molecule has 1 N–H and O–H groups in total. The molecule has 0 bridgehead atoms. The van der Waals surface area contributed by atoms with Crippen LogP contribution in [0, 0.1) is 11.8 Å². The normalized spacial score (nSPS) is 9.50. The van der Waals surface area contributed by atoms with Gasteiger partial charge in [0.1, 0.15) is 6.29 Å². The predicted octanol–water partition coefficient (Wildman–Crippen LogP) is 1.92. The Balaban J connectivity index is 2.46. The minimum atomic E-state index is 0.228. The summed E-state index contributed by atoms with van der Waals surface area (Å²) < 4.78 is 0. The fraction of sp³-hybridized carbons (Fsp3) is 0.0769. The van der Waals surface area contributed by atoms with Crippen molar-refractivity contribution in [3.8, 4) is 11.8 Å². The average molecular weight is 211 g/mol. The summed E-state index contributed by atoms with van der Waals surface area (Å²) in [6.07, 6.45) is 3.46. The van der Waals surface area contributed by atoms with Crippen molar-refractivity contribution in [2.24, 2.45) is 0 Å². The van der Waals surface area contributed by atoms with Crippen LogP contribution in [0.2, 0.25) is 0 Å². The number of H-pyrrole nitrogens is 1. The van der Waals surface area contributed by atoms with Gasteiger partial charge in [-0.3, -0.25) is 4.79 Å². The fourth-order valence-corrected chi connectivity index (χ4v) is 1.51. The number of benzene rings is 1. The molecule has 0 radical (unpaired) electrons. The Morgan fingerprint density at radius 1 is 1.31 bits per heavy atom. The molecule has 2 rings (SSSR count). The van der Waals surface area contributed by atoms with Crippen LogP contribution in [-0.4, -0.2) is 17.6 Å². The molecular weight excluding hydrogens is 202 g/mol. The molecular formula is C13H9NO2. The van der Waals surface area contributed by atoms with E-state index in [2.05, 4.69) is 16.8 Å². The Labute approximate surface area is 92.5 Å². The molecule has 0 atom stereocenters. The number of hydrogen-bond donors (Lipinski definition) is 1. The van der Waals surface area contributed by atoms with Gasteiger partial charge in [0.25, 0.3) is 0 Å². The number of hydrogen-bond acceptors (Lipinski definition) is 2. The molecule has 0 aliphatic heterocycles. The largest absolute Gasteiger partial charge is 0.360 e. The molecule has 0 aliphatic carbocycles. The highest BCUT2D eigenvalue weighted by atomic mass is 16.1. The first-order valence-electron chi connectivity index (χ1n) is 4.84. The van der Waals surface area contributed by atoms with Gasteiger partial charge in [0.2, 0.25) is 0 Å². The maximum atomic E-state index is 10.8. The number of carbonyl (C=O) groups is 2. The van der Waals surface area contributed by atoms with Crippen molar-refractivity contribution in [1.29, 1.82) is 0 Å². The highest BCUT2D eigenvalue weighted by molar-refractivity contribution is 5.97. The molecule has 0 saturated heterocycles. The van der Waals surface area contributed by atoms with E-state index in [1.165, 1.54) is 0 Å². The summed E-state index contributed by atoms with van der Waals surface area (Å²) in [7, 11) is 0. The van der Waals surface area contributed by atoms with Crippen LogP contribution in [-0.2, 0) is 4.79 Å². The van der Waals surface area contributed by atoms with Crippen LogP contribution < -0.4 is 0 Å². The second-order valence-corrected chi connectivity index (χ2v) is 3.29. The summed E-state index contributed by atoms with van der Waals surface area (Å²) >= 11 is 0. The van der Waals surface area contributed by atoms with E-state index < -0.39 is 0 Å². The van der Waals surface area contributed by atoms with Crippen molar-refractivity contribution in [3.63, 3.8) is 0 Å². The third-order valence-corrected chi connectivity index (χ3v) is 2.26. The number of fused-ring (bicyclic) bond motifs is 1. The molecule has 0 spiro atoms. The molecule has 0 fully saturated rings. The van der Waals surface area contributed by atoms with E-state index in [0.29, 0.717) is 5.56 Å². The van der Waals surface area contributed by atoms with E-state index in [-0.39, 0.29) is 6.42 Å². The maximum Gasteiger partial charge on any atom is 0.152 e. The lowest BCUT2D eigenvalue weighted by Gasteiger charge is -1.92. The highest BCUT2D eigenvalue weighted by Gasteiger charge is 2.02. The van der Waals surface area contributed by atoms with Gasteiger partial charge >= 0.3 is 0 Å². The molecule has 0 unspecified atom stereocenters. The number of carbonyl (C=O) groups excluding carboxylic acids is 2. The highest BCUT2D eigenvalue weighted by Crippen LogP contribution is 2.17. The van der Waals surface area contributed by atoms with Crippen molar-refractivity contribution >= 4 is 23.5 Å². The van der Waals surface area contributed by atoms with Crippen LogP contribution in [0.3, 0.4) is 0 Å². The van der Waals surface area contributed by atoms with Crippen molar-refractivity contribution in [2.45, 2.75) is 6.42 Å². The standard InChI is InChI=1S/C13H9NO2/c15-6-2-1-3-10-4-5-13-12(7-10)11(9-16)8-14-13/h4-9,14H,2H2. The zero-order valence-corrected chi connectivity index (χ0v) is 8.49. The Morgan fingerprint density at radius 3 is 2.94 bits per heavy atom. The molecule has 78 valence electrons. The fourth-order valence-electron chi connectivity index (χ4n) is 1.51. The summed E-state index contributed by atoms with van der Waals surface area (Å²) in [5, 5.41) is 0.855. The Hall–Kier alpha value is -2.34. The maximum absolute atomic E-state index is 10.8. The Morgan fingerprint density at radius 2 is 2.19 bits per heavy atom. The number of nitrogens with one attached hydrogen (secondary N) is 1. The van der Waals surface area contributed by atoms with Gasteiger partial charge in [0.15, 0.2) is 6.29 Å². The van der Waals surface area contributed by atoms with E-state index in [1.807, 2.05) is 18.2 Å². The van der Waals surface area contributed by atoms with Gasteiger partial charge in [-0.05, 0) is 18.2 Å². The number of aromatic amines is 1. The monoisotopic (exact) mass is 211 g/mol. The Kier molecular flexibility index (Phi) is 2.84. The van der Waals surface area contributed by atoms with E-state index >= 15 is 0 Å². The molecule has 0 aliphatic rings. The zero-order chi connectivity index (χ0) is 11.4. The molecule has 16 heavy (non-hydrogen) atoms. The molecule has 3 nitrogen and oxygen atoms in total. The minimum Gasteiger partial charge on any atom is -0.360 e. The van der Waals surface area contributed by atoms with E-state index in [4.69, 9.17) is 0 Å². The minimum absolute atomic E-state index is 0.228. The van der Waals surface area contributed by atoms with Gasteiger partial charge in [-0.1, -0.05) is 11.8 Å². The summed E-state index contributed by atoms with van der Waals surface area (Å²) in [6, 6.07) is 5.56. The van der Waals surface area contributed by atoms with E-state index in [0.717, 1.165) is 29.0 Å². The molecule has 1 aromatic carbocycles. The van der Waals surface area contributed by atoms with Gasteiger partial charge in [-0.25, -0.2) is 0 Å². The lowest BCUT2D eigenvalue weighted by atomic mass is 10.1. The number of aldehydes is 2. The molecule has 0 saturated carbocycles. The number of rotatable bonds is 2. The third-order valence-electron chi connectivity index (χ3n) is 2.26. The van der Waals surface area contributed by atoms with Gasteiger partial charge in [-0.2, -0.15) is 0 Å². The van der Waals surface area contributed by atoms with E-state index in [1.54, 1.807) is 6.20 Å². The van der Waals surface area contributed by atoms with Crippen LogP contribution in [0.4, 0.5) is 0 Å². The molecule has 1 heterocycles. The first kappa shape index (κ1) is 10.2. The molecule has 1 aromatic heterocycles. The van der Waals surface area contributed by atoms with Crippen molar-refractivity contribution in [3.05, 3.63) is 35.5 Å². The van der Waals surface area contributed by atoms with Gasteiger partial charge in [-0.15, -0.1) is 0 Å². The summed E-state index contributed by atoms with van der Waals surface area (Å²) in [5.41, 5.74) is 2.33. The molecule has 0 amide bonds. The first-order valence-corrected chi connectivity index (χ1v) is 4.84. The topological polar surface area (TPSA) is 49.9 Å². The number of aromatic nitrogens is 1. The quantitative estimate of drug-likeness (QED) is 0.609. The van der Waals surface area contributed by atoms with E-state index in [9.17, 15) is 9.59 Å². The lowest BCUT2D eigenvalue weighted by Crippen LogP contribution is -1.78. The second kappa shape index (κ2) is 4.45. The van der Waals surface area contributed by atoms with Crippen LogP contribution >= 0.6 is 0 Å². The van der Waals surface area contributed by atoms with Crippen LogP contribution in [0.15, 0.2) is 24.4 Å². The molecule has 2 aromatic rings. The summed E-state index contributed by atoms with van der Waals surface area (Å²) in [4.78, 5) is 23.9. The van der Waals surface area contributed by atoms with Gasteiger partial charge in [0.05, 0.1) is 6.42 Å². The average Bonchev–Trinajstić information content (AvgIpc) is 2.71. The Bertz CT molecular complexity index is 599. The van der Waals surface area contributed by atoms with Crippen LogP contribution in [0.25, 0.3) is 10.9 Å². The van der Waals surface area contributed by atoms with Crippen LogP contribution in [0.5, 0.6) is 0 Å². The first-order chi connectivity index (χ1) is 7.85. The van der Waals surface area contributed by atoms with Gasteiger partial charge < -0.3 is 9.78 Å². The third kappa shape index (κ3) is 1.86. The predicted molar refractivity (Wildman–Crippen MR) is 61.2 cm³/mol. The van der Waals surface area contributed by atoms with Crippen molar-refractivity contribution < 1.29 is 9.59 Å². The summed E-state index contributed by atoms with van der Waals surface area (Å²) in [6.45, 7) is 0. The van der Waals surface area contributed by atoms with Crippen molar-refractivity contribution in [2.75, 3.05) is 0 Å². The zero-order valence-electron chi connectivity index (χ0n) is 8.49. The smallest absolute Gasteiger partial charge is 0.152 e. The summed E-state index contributed by atoms with van der Waals surface area (Å²) in [5.74, 6) is 5.60. The SMILES string of the molecule is O=CCC#Cc1ccc2[nH]cc(C=O)c2c1. The van der Waals surface area contributed by atoms with Crippen molar-refractivity contribution in [1.82, 2.24) is 4.98 Å². The lowest BCUT2D eigenvalue weighted by molar-refractivity contribution is -0.107. The van der Waals surface area contributed by atoms with Crippen LogP contribution in [0.1, 0.15) is 22.3 Å². The second-order valence-electron chi connectivity index (χ2n) is 3.29. The van der Waals surface area contributed by atoms with Gasteiger partial charge in [0, 0.05) is 28.2 Å².